The quantitative estimate of drug-likeness (QED) is 0.819. The lowest BCUT2D eigenvalue weighted by atomic mass is 10.2. The van der Waals surface area contributed by atoms with E-state index < -0.39 is 0 Å². The molecule has 0 saturated carbocycles. The molecule has 1 unspecified atom stereocenters. The fourth-order valence-electron chi connectivity index (χ4n) is 1.45. The van der Waals surface area contributed by atoms with E-state index in [1.807, 2.05) is 12.1 Å². The fraction of sp³-hybridized carbons (Fsp3) is 0.364. The monoisotopic (exact) mass is 234 g/mol. The first-order chi connectivity index (χ1) is 8.33. The molecule has 0 amide bonds. The summed E-state index contributed by atoms with van der Waals surface area (Å²) in [6.07, 6.45) is 3.73. The van der Waals surface area contributed by atoms with Gasteiger partial charge in [0.05, 0.1) is 0 Å². The van der Waals surface area contributed by atoms with Crippen molar-refractivity contribution in [2.45, 2.75) is 12.5 Å². The summed E-state index contributed by atoms with van der Waals surface area (Å²) in [6, 6.07) is 3.82. The second-order valence-corrected chi connectivity index (χ2v) is 3.54. The van der Waals surface area contributed by atoms with Crippen molar-refractivity contribution in [1.29, 1.82) is 0 Å². The van der Waals surface area contributed by atoms with Crippen molar-refractivity contribution in [3.8, 4) is 0 Å². The maximum absolute atomic E-state index is 5.52. The number of hydrogen-bond donors (Lipinski definition) is 1. The van der Waals surface area contributed by atoms with E-state index in [0.717, 1.165) is 5.56 Å². The van der Waals surface area contributed by atoms with Crippen molar-refractivity contribution in [3.63, 3.8) is 0 Å². The molecule has 0 saturated heterocycles. The van der Waals surface area contributed by atoms with Crippen molar-refractivity contribution in [2.75, 3.05) is 13.7 Å². The highest BCUT2D eigenvalue weighted by Crippen LogP contribution is 2.14. The van der Waals surface area contributed by atoms with Gasteiger partial charge in [0.15, 0.2) is 5.82 Å². The summed E-state index contributed by atoms with van der Waals surface area (Å²) in [7, 11) is 1.56. The average molecular weight is 234 g/mol. The zero-order chi connectivity index (χ0) is 12.1. The number of rotatable bonds is 5. The van der Waals surface area contributed by atoms with Gasteiger partial charge in [0.25, 0.3) is 5.89 Å². The molecule has 0 aliphatic rings. The topological polar surface area (TPSA) is 87.1 Å². The van der Waals surface area contributed by atoms with Crippen molar-refractivity contribution < 1.29 is 9.26 Å². The van der Waals surface area contributed by atoms with Crippen LogP contribution in [-0.4, -0.2) is 28.8 Å². The molecule has 0 aliphatic carbocycles. The number of nitrogens with zero attached hydrogens (tertiary/aromatic N) is 3. The molecular weight excluding hydrogens is 220 g/mol. The Morgan fingerprint density at radius 2 is 2.18 bits per heavy atom. The van der Waals surface area contributed by atoms with Crippen LogP contribution in [-0.2, 0) is 11.2 Å². The second-order valence-electron chi connectivity index (χ2n) is 3.54. The van der Waals surface area contributed by atoms with Crippen LogP contribution >= 0.6 is 0 Å². The molecule has 0 bridgehead atoms. The lowest BCUT2D eigenvalue weighted by molar-refractivity contribution is 0.0804. The van der Waals surface area contributed by atoms with Crippen LogP contribution in [0.1, 0.15) is 23.4 Å². The van der Waals surface area contributed by atoms with Gasteiger partial charge in [-0.1, -0.05) is 5.16 Å². The van der Waals surface area contributed by atoms with Crippen LogP contribution in [0.3, 0.4) is 0 Å². The Morgan fingerprint density at radius 3 is 2.82 bits per heavy atom. The zero-order valence-electron chi connectivity index (χ0n) is 9.54. The third kappa shape index (κ3) is 2.86. The van der Waals surface area contributed by atoms with Crippen molar-refractivity contribution in [2.24, 2.45) is 5.73 Å². The van der Waals surface area contributed by atoms with Crippen LogP contribution in [0.15, 0.2) is 29.0 Å². The minimum absolute atomic E-state index is 0.313. The Morgan fingerprint density at radius 1 is 1.41 bits per heavy atom. The van der Waals surface area contributed by atoms with Gasteiger partial charge in [0.2, 0.25) is 0 Å². The Kier molecular flexibility index (Phi) is 3.79. The molecule has 2 N–H and O–H groups in total. The normalized spacial score (nSPS) is 12.6. The minimum atomic E-state index is -0.339. The molecule has 2 rings (SSSR count). The van der Waals surface area contributed by atoms with Gasteiger partial charge in [-0.2, -0.15) is 4.98 Å². The van der Waals surface area contributed by atoms with Gasteiger partial charge in [-0.25, -0.2) is 0 Å². The predicted molar refractivity (Wildman–Crippen MR) is 60.1 cm³/mol. The number of pyridine rings is 1. The molecule has 2 heterocycles. The van der Waals surface area contributed by atoms with Gasteiger partial charge in [0, 0.05) is 32.5 Å². The van der Waals surface area contributed by atoms with E-state index in [-0.39, 0.29) is 6.10 Å². The van der Waals surface area contributed by atoms with Crippen LogP contribution in [0, 0.1) is 0 Å². The molecule has 0 spiro atoms. The molecule has 6 heteroatoms. The number of ether oxygens (including phenoxy) is 1. The summed E-state index contributed by atoms with van der Waals surface area (Å²) in [4.78, 5) is 8.19. The number of hydrogen-bond acceptors (Lipinski definition) is 6. The summed E-state index contributed by atoms with van der Waals surface area (Å²) in [5.41, 5.74) is 6.59. The predicted octanol–water partition coefficient (Wildman–Crippen LogP) is 0.702. The third-order valence-electron chi connectivity index (χ3n) is 2.37. The Labute approximate surface area is 98.8 Å². The van der Waals surface area contributed by atoms with Crippen LogP contribution in [0.25, 0.3) is 0 Å². The van der Waals surface area contributed by atoms with Crippen molar-refractivity contribution in [3.05, 3.63) is 41.8 Å². The number of nitrogens with two attached hydrogens (primary N) is 1. The van der Waals surface area contributed by atoms with E-state index in [9.17, 15) is 0 Å². The molecule has 17 heavy (non-hydrogen) atoms. The Balaban J connectivity index is 2.08. The van der Waals surface area contributed by atoms with Crippen LogP contribution < -0.4 is 5.73 Å². The summed E-state index contributed by atoms with van der Waals surface area (Å²) < 4.78 is 10.2. The summed E-state index contributed by atoms with van der Waals surface area (Å²) >= 11 is 0. The number of aromatic nitrogens is 3. The summed E-state index contributed by atoms with van der Waals surface area (Å²) in [5.74, 6) is 1.03. The average Bonchev–Trinajstić information content (AvgIpc) is 2.81. The minimum Gasteiger partial charge on any atom is -0.370 e. The van der Waals surface area contributed by atoms with Gasteiger partial charge in [0.1, 0.15) is 6.10 Å². The highest BCUT2D eigenvalue weighted by molar-refractivity contribution is 5.14. The van der Waals surface area contributed by atoms with E-state index in [1.165, 1.54) is 0 Å². The van der Waals surface area contributed by atoms with Gasteiger partial charge in [-0.3, -0.25) is 4.98 Å². The van der Waals surface area contributed by atoms with E-state index in [0.29, 0.717) is 24.7 Å². The van der Waals surface area contributed by atoms with Crippen molar-refractivity contribution in [1.82, 2.24) is 15.1 Å². The van der Waals surface area contributed by atoms with E-state index >= 15 is 0 Å². The first-order valence-electron chi connectivity index (χ1n) is 5.27. The summed E-state index contributed by atoms with van der Waals surface area (Å²) in [6.45, 7) is 0.313. The molecule has 0 fully saturated rings. The fourth-order valence-corrected chi connectivity index (χ4v) is 1.45. The molecular formula is C11H14N4O2. The van der Waals surface area contributed by atoms with E-state index in [2.05, 4.69) is 15.1 Å². The van der Waals surface area contributed by atoms with Gasteiger partial charge in [-0.05, 0) is 17.7 Å². The Hall–Kier alpha value is -1.79. The maximum atomic E-state index is 5.52. The lowest BCUT2D eigenvalue weighted by Gasteiger charge is -2.05. The van der Waals surface area contributed by atoms with Gasteiger partial charge in [-0.15, -0.1) is 0 Å². The highest BCUT2D eigenvalue weighted by Gasteiger charge is 2.16. The van der Waals surface area contributed by atoms with Crippen molar-refractivity contribution >= 4 is 0 Å². The SMILES string of the molecule is COC(CN)c1nc(Cc2ccncc2)no1. The summed E-state index contributed by atoms with van der Waals surface area (Å²) in [5, 5.41) is 3.89. The first kappa shape index (κ1) is 11.7. The molecule has 0 aliphatic heterocycles. The molecule has 2 aromatic rings. The molecule has 6 nitrogen and oxygen atoms in total. The molecule has 2 aromatic heterocycles. The van der Waals surface area contributed by atoms with Crippen LogP contribution in [0.5, 0.6) is 0 Å². The van der Waals surface area contributed by atoms with Gasteiger partial charge >= 0.3 is 0 Å². The van der Waals surface area contributed by atoms with E-state index in [4.69, 9.17) is 15.0 Å². The molecule has 0 aromatic carbocycles. The first-order valence-corrected chi connectivity index (χ1v) is 5.27. The van der Waals surface area contributed by atoms with Crippen LogP contribution in [0.4, 0.5) is 0 Å². The lowest BCUT2D eigenvalue weighted by Crippen LogP contribution is -2.14. The molecule has 90 valence electrons. The zero-order valence-corrected chi connectivity index (χ0v) is 9.54. The number of methoxy groups -OCH3 is 1. The largest absolute Gasteiger partial charge is 0.370 e. The highest BCUT2D eigenvalue weighted by atomic mass is 16.5. The molecule has 0 radical (unpaired) electrons. The Bertz CT molecular complexity index is 454. The van der Waals surface area contributed by atoms with Crippen LogP contribution in [0.2, 0.25) is 0 Å². The molecule has 1 atom stereocenters. The third-order valence-corrected chi connectivity index (χ3v) is 2.37. The standard InChI is InChI=1S/C11H14N4O2/c1-16-9(7-12)11-14-10(15-17-11)6-8-2-4-13-5-3-8/h2-5,9H,6-7,12H2,1H3. The maximum Gasteiger partial charge on any atom is 0.257 e. The second kappa shape index (κ2) is 5.51. The van der Waals surface area contributed by atoms with E-state index in [1.54, 1.807) is 19.5 Å². The smallest absolute Gasteiger partial charge is 0.257 e. The van der Waals surface area contributed by atoms with Gasteiger partial charge < -0.3 is 15.0 Å².